The van der Waals surface area contributed by atoms with Crippen molar-refractivity contribution in [3.05, 3.63) is 0 Å². The normalized spacial score (nSPS) is 39.6. The van der Waals surface area contributed by atoms with Gasteiger partial charge in [-0.25, -0.2) is 0 Å². The second-order valence-corrected chi connectivity index (χ2v) is 10.6. The molecule has 9 atom stereocenters. The Morgan fingerprint density at radius 3 is 2.41 bits per heavy atom. The van der Waals surface area contributed by atoms with Gasteiger partial charge in [-0.05, 0) is 39.8 Å². The third kappa shape index (κ3) is 7.88. The quantitative estimate of drug-likeness (QED) is 0.622. The first-order chi connectivity index (χ1) is 15.9. The molecule has 198 valence electrons. The van der Waals surface area contributed by atoms with E-state index in [1.807, 2.05) is 13.8 Å². The van der Waals surface area contributed by atoms with Crippen molar-refractivity contribution in [1.82, 2.24) is 15.1 Å². The minimum absolute atomic E-state index is 0.0214. The van der Waals surface area contributed by atoms with E-state index >= 15 is 0 Å². The maximum absolute atomic E-state index is 12.7. The van der Waals surface area contributed by atoms with Gasteiger partial charge in [0.2, 0.25) is 11.8 Å². The van der Waals surface area contributed by atoms with Crippen LogP contribution in [0.3, 0.4) is 0 Å². The first kappa shape index (κ1) is 29.0. The summed E-state index contributed by atoms with van der Waals surface area (Å²) < 4.78 is 18.6. The zero-order chi connectivity index (χ0) is 25.6. The van der Waals surface area contributed by atoms with E-state index in [0.717, 1.165) is 12.8 Å². The number of nitrogens with zero attached hydrogens (tertiary/aromatic N) is 2. The van der Waals surface area contributed by atoms with Crippen LogP contribution in [0, 0.1) is 17.8 Å². The minimum Gasteiger partial charge on any atom is -0.392 e. The lowest BCUT2D eigenvalue weighted by Crippen LogP contribution is -2.51. The number of rotatable bonds is 4. The Labute approximate surface area is 205 Å². The van der Waals surface area contributed by atoms with Crippen LogP contribution in [-0.4, -0.2) is 105 Å². The lowest BCUT2D eigenvalue weighted by Gasteiger charge is -2.42. The molecule has 34 heavy (non-hydrogen) atoms. The number of hydrogen-bond acceptors (Lipinski definition) is 7. The summed E-state index contributed by atoms with van der Waals surface area (Å²) in [5.41, 5.74) is 0. The minimum atomic E-state index is -0.940. The number of aliphatic hydroxyl groups excluding tert-OH is 1. The van der Waals surface area contributed by atoms with Crippen molar-refractivity contribution < 1.29 is 28.9 Å². The number of methoxy groups -OCH3 is 1. The van der Waals surface area contributed by atoms with E-state index in [2.05, 4.69) is 31.2 Å². The molecule has 0 unspecified atom stereocenters. The monoisotopic (exact) mass is 485 g/mol. The lowest BCUT2D eigenvalue weighted by atomic mass is 9.84. The van der Waals surface area contributed by atoms with E-state index < -0.39 is 24.4 Å². The van der Waals surface area contributed by atoms with Crippen LogP contribution >= 0.6 is 0 Å². The molecule has 2 rings (SSSR count). The van der Waals surface area contributed by atoms with Crippen LogP contribution in [0.1, 0.15) is 53.4 Å². The molecule has 0 spiro atoms. The summed E-state index contributed by atoms with van der Waals surface area (Å²) in [7, 11) is 7.56. The maximum atomic E-state index is 12.7. The number of amides is 2. The summed E-state index contributed by atoms with van der Waals surface area (Å²) in [6.45, 7) is 8.58. The molecule has 0 aromatic carbocycles. The number of carbonyl (C=O) groups is 2. The van der Waals surface area contributed by atoms with Crippen LogP contribution in [0.15, 0.2) is 0 Å². The van der Waals surface area contributed by atoms with Crippen molar-refractivity contribution in [2.45, 2.75) is 90.1 Å². The first-order valence-electron chi connectivity index (χ1n) is 12.6. The van der Waals surface area contributed by atoms with Crippen LogP contribution < -0.4 is 5.32 Å². The molecule has 9 nitrogen and oxygen atoms in total. The summed E-state index contributed by atoms with van der Waals surface area (Å²) in [5, 5.41) is 14.0. The fourth-order valence-electron chi connectivity index (χ4n) is 5.16. The molecule has 2 amide bonds. The second-order valence-electron chi connectivity index (χ2n) is 10.6. The Hall–Kier alpha value is -1.26. The SMILES string of the molecule is CO[C@@H]1C[C@@H](C)CN(C)C(=O)CCNC(=O)[C@H](C)[C@@H](O)[C@H](C)[C@H]1O[C@H]1C[C@@H](N(C)C)C[C@@H](C)O1. The number of carbonyl (C=O) groups excluding carboxylic acids is 2. The predicted octanol–water partition coefficient (Wildman–Crippen LogP) is 1.48. The summed E-state index contributed by atoms with van der Waals surface area (Å²) in [6.07, 6.45) is 0.385. The molecular weight excluding hydrogens is 438 g/mol. The van der Waals surface area contributed by atoms with Crippen molar-refractivity contribution in [2.75, 3.05) is 41.3 Å². The van der Waals surface area contributed by atoms with Crippen LogP contribution in [0.5, 0.6) is 0 Å². The largest absolute Gasteiger partial charge is 0.392 e. The van der Waals surface area contributed by atoms with Crippen LogP contribution in [-0.2, 0) is 23.8 Å². The highest BCUT2D eigenvalue weighted by Crippen LogP contribution is 2.31. The van der Waals surface area contributed by atoms with Gasteiger partial charge < -0.3 is 34.4 Å². The van der Waals surface area contributed by atoms with Gasteiger partial charge in [-0.15, -0.1) is 0 Å². The molecule has 9 heteroatoms. The van der Waals surface area contributed by atoms with E-state index in [0.29, 0.717) is 19.0 Å². The fraction of sp³-hybridized carbons (Fsp3) is 0.920. The molecule has 2 N–H and O–H groups in total. The first-order valence-corrected chi connectivity index (χ1v) is 12.6. The van der Waals surface area contributed by atoms with Crippen molar-refractivity contribution >= 4 is 11.8 Å². The summed E-state index contributed by atoms with van der Waals surface area (Å²) in [6, 6.07) is 0.330. The molecule has 0 aromatic rings. The average Bonchev–Trinajstić information content (AvgIpc) is 2.78. The highest BCUT2D eigenvalue weighted by atomic mass is 16.7. The zero-order valence-electron chi connectivity index (χ0n) is 22.3. The number of ether oxygens (including phenoxy) is 3. The molecule has 2 aliphatic heterocycles. The van der Waals surface area contributed by atoms with E-state index in [9.17, 15) is 14.7 Å². The van der Waals surface area contributed by atoms with E-state index in [-0.39, 0.29) is 48.8 Å². The highest BCUT2D eigenvalue weighted by Gasteiger charge is 2.40. The molecule has 2 fully saturated rings. The summed E-state index contributed by atoms with van der Waals surface area (Å²) in [4.78, 5) is 29.1. The Bertz CT molecular complexity index is 663. The maximum Gasteiger partial charge on any atom is 0.225 e. The Morgan fingerprint density at radius 2 is 1.79 bits per heavy atom. The van der Waals surface area contributed by atoms with Gasteiger partial charge >= 0.3 is 0 Å². The van der Waals surface area contributed by atoms with E-state index in [4.69, 9.17) is 14.2 Å². The number of hydrogen-bond donors (Lipinski definition) is 2. The Morgan fingerprint density at radius 1 is 1.12 bits per heavy atom. The molecule has 0 bridgehead atoms. The van der Waals surface area contributed by atoms with Crippen LogP contribution in [0.25, 0.3) is 0 Å². The van der Waals surface area contributed by atoms with Crippen LogP contribution in [0.2, 0.25) is 0 Å². The Balaban J connectivity index is 2.31. The van der Waals surface area contributed by atoms with Gasteiger partial charge in [0.15, 0.2) is 6.29 Å². The third-order valence-electron chi connectivity index (χ3n) is 7.43. The van der Waals surface area contributed by atoms with Crippen molar-refractivity contribution in [2.24, 2.45) is 17.8 Å². The molecule has 0 saturated carbocycles. The standard InChI is InChI=1S/C25H47N3O6/c1-15-11-20(32-8)24(34-22-13-19(27(5)6)12-16(2)33-22)17(3)23(30)18(4)25(31)26-10-9-21(29)28(7)14-15/h15-20,22-24,30H,9-14H2,1-8H3,(H,26,31)/t15-,16-,17+,18-,19+,20-,22+,23+,24-/m1/s1. The van der Waals surface area contributed by atoms with Crippen molar-refractivity contribution in [3.8, 4) is 0 Å². The van der Waals surface area contributed by atoms with Gasteiger partial charge in [0.1, 0.15) is 0 Å². The third-order valence-corrected chi connectivity index (χ3v) is 7.43. The number of nitrogens with one attached hydrogen (secondary N) is 1. The molecule has 0 aromatic heterocycles. The van der Waals surface area contributed by atoms with Gasteiger partial charge in [0, 0.05) is 52.0 Å². The fourth-order valence-corrected chi connectivity index (χ4v) is 5.16. The molecule has 2 saturated heterocycles. The topological polar surface area (TPSA) is 101 Å². The summed E-state index contributed by atoms with van der Waals surface area (Å²) >= 11 is 0. The molecule has 2 heterocycles. The van der Waals surface area contributed by atoms with Gasteiger partial charge in [0.25, 0.3) is 0 Å². The van der Waals surface area contributed by atoms with E-state index in [1.165, 1.54) is 0 Å². The molecule has 0 radical (unpaired) electrons. The highest BCUT2D eigenvalue weighted by molar-refractivity contribution is 5.80. The molecule has 2 aliphatic rings. The van der Waals surface area contributed by atoms with Crippen molar-refractivity contribution in [3.63, 3.8) is 0 Å². The van der Waals surface area contributed by atoms with Gasteiger partial charge in [-0.1, -0.05) is 20.8 Å². The van der Waals surface area contributed by atoms with Gasteiger partial charge in [-0.2, -0.15) is 0 Å². The smallest absolute Gasteiger partial charge is 0.225 e. The molecule has 0 aliphatic carbocycles. The van der Waals surface area contributed by atoms with Gasteiger partial charge in [0.05, 0.1) is 30.3 Å². The lowest BCUT2D eigenvalue weighted by molar-refractivity contribution is -0.253. The van der Waals surface area contributed by atoms with Crippen molar-refractivity contribution in [1.29, 1.82) is 0 Å². The van der Waals surface area contributed by atoms with Gasteiger partial charge in [-0.3, -0.25) is 9.59 Å². The van der Waals surface area contributed by atoms with Crippen LogP contribution in [0.4, 0.5) is 0 Å². The second kappa shape index (κ2) is 13.2. The average molecular weight is 486 g/mol. The Kier molecular flexibility index (Phi) is 11.2. The summed E-state index contributed by atoms with van der Waals surface area (Å²) in [5.74, 6) is -1.17. The predicted molar refractivity (Wildman–Crippen MR) is 130 cm³/mol. The molecular formula is C25H47N3O6. The zero-order valence-corrected chi connectivity index (χ0v) is 22.3. The number of aliphatic hydroxyl groups is 1. The van der Waals surface area contributed by atoms with E-state index in [1.54, 1.807) is 26.0 Å².